The molecular formula is C7H12ClNO5. The van der Waals surface area contributed by atoms with E-state index < -0.39 is 11.3 Å². The number of halogens is 1. The summed E-state index contributed by atoms with van der Waals surface area (Å²) < 4.78 is 9.74. The van der Waals surface area contributed by atoms with Gasteiger partial charge in [-0.2, -0.15) is 0 Å². The molecule has 0 aliphatic carbocycles. The van der Waals surface area contributed by atoms with Gasteiger partial charge in [-0.3, -0.25) is 4.79 Å². The topological polar surface area (TPSA) is 84.9 Å². The highest BCUT2D eigenvalue weighted by Crippen LogP contribution is 1.83. The maximum atomic E-state index is 10.2. The van der Waals surface area contributed by atoms with Gasteiger partial charge in [0.25, 0.3) is 0 Å². The summed E-state index contributed by atoms with van der Waals surface area (Å²) >= 11 is 5.00. The number of carboxylic acid groups (broad SMARTS) is 1. The van der Waals surface area contributed by atoms with E-state index >= 15 is 0 Å². The van der Waals surface area contributed by atoms with Gasteiger partial charge in [-0.25, -0.2) is 4.79 Å². The summed E-state index contributed by atoms with van der Waals surface area (Å²) in [6.07, 6.45) is -1.09. The molecule has 14 heavy (non-hydrogen) atoms. The van der Waals surface area contributed by atoms with Crippen LogP contribution in [0.4, 0.5) is 4.79 Å². The van der Waals surface area contributed by atoms with Gasteiger partial charge in [0, 0.05) is 6.54 Å². The number of hydrogen-bond donors (Lipinski definition) is 2. The van der Waals surface area contributed by atoms with E-state index in [0.29, 0.717) is 6.61 Å². The fourth-order valence-corrected chi connectivity index (χ4v) is 0.680. The van der Waals surface area contributed by atoms with Crippen LogP contribution in [-0.4, -0.2) is 49.4 Å². The van der Waals surface area contributed by atoms with Crippen LogP contribution in [-0.2, 0) is 14.3 Å². The molecule has 0 radical (unpaired) electrons. The number of carbonyl (C=O) groups is 2. The summed E-state index contributed by atoms with van der Waals surface area (Å²) in [5, 5.41) is 9.74. The molecule has 82 valence electrons. The molecule has 7 heteroatoms. The molecule has 0 bridgehead atoms. The zero-order chi connectivity index (χ0) is 10.8. The minimum Gasteiger partial charge on any atom is -0.465 e. The van der Waals surface area contributed by atoms with Crippen molar-refractivity contribution < 1.29 is 24.2 Å². The van der Waals surface area contributed by atoms with E-state index in [-0.39, 0.29) is 26.4 Å². The zero-order valence-corrected chi connectivity index (χ0v) is 8.25. The molecule has 0 saturated heterocycles. The van der Waals surface area contributed by atoms with Crippen molar-refractivity contribution in [2.24, 2.45) is 0 Å². The second-order valence-electron chi connectivity index (χ2n) is 2.25. The van der Waals surface area contributed by atoms with Crippen LogP contribution in [0.15, 0.2) is 0 Å². The molecule has 0 heterocycles. The number of ether oxygens (including phenoxy) is 2. The van der Waals surface area contributed by atoms with Crippen LogP contribution in [0.3, 0.4) is 0 Å². The Bertz CT molecular complexity index is 167. The Morgan fingerprint density at radius 3 is 2.43 bits per heavy atom. The lowest BCUT2D eigenvalue weighted by atomic mass is 10.6. The Labute approximate surface area is 86.1 Å². The third-order valence-electron chi connectivity index (χ3n) is 1.11. The summed E-state index contributed by atoms with van der Waals surface area (Å²) in [6.45, 7) is 0.906. The van der Waals surface area contributed by atoms with E-state index in [1.165, 1.54) is 0 Å². The van der Waals surface area contributed by atoms with Crippen molar-refractivity contribution in [1.82, 2.24) is 5.32 Å². The van der Waals surface area contributed by atoms with E-state index in [1.807, 2.05) is 0 Å². The molecule has 0 aliphatic heterocycles. The van der Waals surface area contributed by atoms with Crippen LogP contribution in [0.2, 0.25) is 0 Å². The molecule has 0 aromatic carbocycles. The van der Waals surface area contributed by atoms with Crippen LogP contribution in [0.5, 0.6) is 0 Å². The Morgan fingerprint density at radius 1 is 1.21 bits per heavy atom. The van der Waals surface area contributed by atoms with E-state index in [0.717, 1.165) is 0 Å². The van der Waals surface area contributed by atoms with Crippen molar-refractivity contribution in [2.45, 2.75) is 0 Å². The molecular weight excluding hydrogens is 214 g/mol. The number of rotatable bonds is 8. The molecule has 0 saturated carbocycles. The zero-order valence-electron chi connectivity index (χ0n) is 7.49. The van der Waals surface area contributed by atoms with Gasteiger partial charge in [0.2, 0.25) is 5.24 Å². The first kappa shape index (κ1) is 13.2. The third-order valence-corrected chi connectivity index (χ3v) is 1.22. The first-order valence-corrected chi connectivity index (χ1v) is 4.31. The fourth-order valence-electron chi connectivity index (χ4n) is 0.602. The summed E-state index contributed by atoms with van der Waals surface area (Å²) in [7, 11) is 0. The lowest BCUT2D eigenvalue weighted by molar-refractivity contribution is -0.116. The highest BCUT2D eigenvalue weighted by molar-refractivity contribution is 6.63. The van der Waals surface area contributed by atoms with Gasteiger partial charge in [0.05, 0.1) is 19.8 Å². The molecule has 0 rings (SSSR count). The highest BCUT2D eigenvalue weighted by Gasteiger charge is 1.96. The number of hydrogen-bond acceptors (Lipinski definition) is 4. The molecule has 6 nitrogen and oxygen atoms in total. The van der Waals surface area contributed by atoms with E-state index in [9.17, 15) is 9.59 Å². The quantitative estimate of drug-likeness (QED) is 0.451. The lowest BCUT2D eigenvalue weighted by Gasteiger charge is -2.03. The minimum atomic E-state index is -1.09. The predicted molar refractivity (Wildman–Crippen MR) is 48.5 cm³/mol. The van der Waals surface area contributed by atoms with Crippen molar-refractivity contribution >= 4 is 22.9 Å². The monoisotopic (exact) mass is 225 g/mol. The van der Waals surface area contributed by atoms with Crippen molar-refractivity contribution in [1.29, 1.82) is 0 Å². The second-order valence-corrected chi connectivity index (χ2v) is 2.67. The Hall–Kier alpha value is -0.850. The largest absolute Gasteiger partial charge is 0.465 e. The van der Waals surface area contributed by atoms with Crippen molar-refractivity contribution in [3.05, 3.63) is 0 Å². The summed E-state index contributed by atoms with van der Waals surface area (Å²) in [4.78, 5) is 20.1. The predicted octanol–water partition coefficient (Wildman–Crippen LogP) is 0.0526. The average Bonchev–Trinajstić information content (AvgIpc) is 2.08. The van der Waals surface area contributed by atoms with Gasteiger partial charge in [-0.15, -0.1) is 0 Å². The van der Waals surface area contributed by atoms with Crippen molar-refractivity contribution in [2.75, 3.05) is 33.0 Å². The molecule has 0 fully saturated rings. The Morgan fingerprint density at radius 2 is 1.86 bits per heavy atom. The van der Waals surface area contributed by atoms with Gasteiger partial charge in [0.1, 0.15) is 6.61 Å². The molecule has 0 aromatic heterocycles. The highest BCUT2D eigenvalue weighted by atomic mass is 35.5. The fraction of sp³-hybridized carbons (Fsp3) is 0.714. The molecule has 0 atom stereocenters. The van der Waals surface area contributed by atoms with Crippen molar-refractivity contribution in [3.8, 4) is 0 Å². The number of nitrogens with one attached hydrogen (secondary N) is 1. The van der Waals surface area contributed by atoms with Crippen molar-refractivity contribution in [3.63, 3.8) is 0 Å². The van der Waals surface area contributed by atoms with Gasteiger partial charge in [-0.1, -0.05) is 0 Å². The number of amides is 1. The molecule has 0 unspecified atom stereocenters. The standard InChI is InChI=1S/C7H12ClNO5/c8-6(10)5-14-4-3-13-2-1-9-7(11)12/h9H,1-5H2,(H,11,12). The number of carbonyl (C=O) groups excluding carboxylic acids is 1. The van der Waals surface area contributed by atoms with Crippen LogP contribution in [0, 0.1) is 0 Å². The molecule has 1 amide bonds. The van der Waals surface area contributed by atoms with E-state index in [2.05, 4.69) is 5.32 Å². The maximum Gasteiger partial charge on any atom is 0.404 e. The Balaban J connectivity index is 2.99. The summed E-state index contributed by atoms with van der Waals surface area (Å²) in [5.74, 6) is 0. The minimum absolute atomic E-state index is 0.141. The molecule has 0 aliphatic rings. The Kier molecular flexibility index (Phi) is 8.20. The normalized spacial score (nSPS) is 9.79. The van der Waals surface area contributed by atoms with Crippen LogP contribution in [0.25, 0.3) is 0 Å². The van der Waals surface area contributed by atoms with Gasteiger partial charge in [0.15, 0.2) is 0 Å². The summed E-state index contributed by atoms with van der Waals surface area (Å²) in [5.41, 5.74) is 0. The molecule has 2 N–H and O–H groups in total. The average molecular weight is 226 g/mol. The first-order valence-electron chi connectivity index (χ1n) is 3.93. The van der Waals surface area contributed by atoms with Crippen LogP contribution < -0.4 is 5.32 Å². The van der Waals surface area contributed by atoms with E-state index in [1.54, 1.807) is 0 Å². The summed E-state index contributed by atoms with van der Waals surface area (Å²) in [6, 6.07) is 0. The molecule has 0 aromatic rings. The third kappa shape index (κ3) is 11.2. The first-order chi connectivity index (χ1) is 6.63. The van der Waals surface area contributed by atoms with Crippen LogP contribution in [0.1, 0.15) is 0 Å². The maximum absolute atomic E-state index is 10.2. The lowest BCUT2D eigenvalue weighted by Crippen LogP contribution is -2.25. The molecule has 0 spiro atoms. The SMILES string of the molecule is O=C(Cl)COCCOCCNC(=O)O. The van der Waals surface area contributed by atoms with Gasteiger partial charge in [-0.05, 0) is 11.6 Å². The smallest absolute Gasteiger partial charge is 0.404 e. The van der Waals surface area contributed by atoms with Gasteiger partial charge >= 0.3 is 6.09 Å². The van der Waals surface area contributed by atoms with Crippen LogP contribution >= 0.6 is 11.6 Å². The van der Waals surface area contributed by atoms with Gasteiger partial charge < -0.3 is 19.9 Å². The second kappa shape index (κ2) is 8.74. The van der Waals surface area contributed by atoms with E-state index in [4.69, 9.17) is 26.2 Å².